The number of nitrogens with zero attached hydrogens (tertiary/aromatic N) is 3. The van der Waals surface area contributed by atoms with Gasteiger partial charge in [-0.1, -0.05) is 76.6 Å². The number of aromatic amines is 2. The molecule has 9 heteroatoms. The van der Waals surface area contributed by atoms with Gasteiger partial charge < -0.3 is 5.32 Å². The summed E-state index contributed by atoms with van der Waals surface area (Å²) in [6, 6.07) is 16.7. The fourth-order valence-electron chi connectivity index (χ4n) is 10.4. The lowest BCUT2D eigenvalue weighted by Gasteiger charge is -2.48. The van der Waals surface area contributed by atoms with Crippen LogP contribution in [0.2, 0.25) is 5.02 Å². The number of fused-ring (bicyclic) bond motifs is 2. The predicted octanol–water partition coefficient (Wildman–Crippen LogP) is 9.84. The summed E-state index contributed by atoms with van der Waals surface area (Å²) in [5.74, 6) is 2.35. The zero-order valence-corrected chi connectivity index (χ0v) is 31.9. The summed E-state index contributed by atoms with van der Waals surface area (Å²) < 4.78 is 0. The Morgan fingerprint density at radius 1 is 0.827 bits per heavy atom. The number of anilines is 3. The zero-order chi connectivity index (χ0) is 36.5. The minimum absolute atomic E-state index is 0.140. The molecule has 9 rings (SSSR count). The van der Waals surface area contributed by atoms with E-state index in [1.807, 2.05) is 25.1 Å². The number of Topliss-reactive ketones (excluding diaryl/α,β-unsaturated/α-hetero) is 2. The molecule has 52 heavy (non-hydrogen) atoms. The Kier molecular flexibility index (Phi) is 7.10. The predicted molar refractivity (Wildman–Crippen MR) is 205 cm³/mol. The summed E-state index contributed by atoms with van der Waals surface area (Å²) in [5, 5.41) is 20.7. The topological polar surface area (TPSA) is 107 Å². The van der Waals surface area contributed by atoms with E-state index < -0.39 is 10.8 Å². The van der Waals surface area contributed by atoms with Gasteiger partial charge in [0.05, 0.1) is 10.8 Å². The van der Waals surface area contributed by atoms with Gasteiger partial charge in [0.2, 0.25) is 0 Å². The zero-order valence-electron chi connectivity index (χ0n) is 31.2. The standard InChI is InChI=1S/C43H47ClN6O2/c1-8-43(33-23(2)46-48-38(33)45-29-19-40(3,4)21-31(51)34(29)43)25-15-17-26(18-16-25)50-30-20-41(5,6)22-32(52)35(30)42(7,27-11-9-10-12-28(27)44)36-37(24-13-14-24)47-49-39(36)50/h9-12,15-18,24H,8,13-14,19-22H2,1-7H3,(H,47,49)(H2,45,46,48)/t42?,43-/m1/s1. The van der Waals surface area contributed by atoms with Crippen LogP contribution >= 0.6 is 11.6 Å². The number of benzene rings is 2. The molecule has 4 heterocycles. The molecule has 2 aromatic carbocycles. The van der Waals surface area contributed by atoms with E-state index in [1.165, 1.54) is 0 Å². The summed E-state index contributed by atoms with van der Waals surface area (Å²) >= 11 is 7.03. The van der Waals surface area contributed by atoms with E-state index >= 15 is 0 Å². The van der Waals surface area contributed by atoms with E-state index in [-0.39, 0.29) is 22.4 Å². The van der Waals surface area contributed by atoms with Gasteiger partial charge in [-0.3, -0.25) is 24.7 Å². The fraction of sp³-hybridized carbons (Fsp3) is 0.442. The molecule has 5 aliphatic rings. The molecule has 0 spiro atoms. The normalized spacial score (nSPS) is 26.1. The first kappa shape index (κ1) is 33.4. The Labute approximate surface area is 310 Å². The minimum Gasteiger partial charge on any atom is -0.342 e. The number of carbonyl (C=O) groups is 2. The molecule has 3 N–H and O–H groups in total. The number of carbonyl (C=O) groups excluding carboxylic acids is 2. The maximum absolute atomic E-state index is 14.6. The first-order valence-corrected chi connectivity index (χ1v) is 19.2. The first-order valence-electron chi connectivity index (χ1n) is 18.8. The number of aromatic nitrogens is 4. The second-order valence-electron chi connectivity index (χ2n) is 17.6. The molecule has 3 aliphatic carbocycles. The number of rotatable bonds is 5. The number of H-pyrrole nitrogens is 2. The highest BCUT2D eigenvalue weighted by Gasteiger charge is 2.55. The van der Waals surface area contributed by atoms with Gasteiger partial charge in [0, 0.05) is 74.5 Å². The summed E-state index contributed by atoms with van der Waals surface area (Å²) in [5.41, 5.74) is 8.89. The van der Waals surface area contributed by atoms with Gasteiger partial charge in [0.25, 0.3) is 0 Å². The molecule has 1 unspecified atom stereocenters. The third-order valence-corrected chi connectivity index (χ3v) is 12.9. The number of halogens is 1. The van der Waals surface area contributed by atoms with Gasteiger partial charge in [-0.2, -0.15) is 10.2 Å². The van der Waals surface area contributed by atoms with E-state index in [4.69, 9.17) is 16.7 Å². The Balaban J connectivity index is 1.26. The molecule has 4 aromatic rings. The second kappa shape index (κ2) is 11.0. The van der Waals surface area contributed by atoms with Crippen LogP contribution in [0.5, 0.6) is 0 Å². The van der Waals surface area contributed by atoms with Crippen LogP contribution in [0.3, 0.4) is 0 Å². The first-order chi connectivity index (χ1) is 24.7. The van der Waals surface area contributed by atoms with Crippen molar-refractivity contribution in [2.24, 2.45) is 10.8 Å². The Hall–Kier alpha value is -4.43. The van der Waals surface area contributed by atoms with Crippen molar-refractivity contribution in [1.82, 2.24) is 20.4 Å². The smallest absolute Gasteiger partial charge is 0.163 e. The van der Waals surface area contributed by atoms with Gasteiger partial charge in [0.1, 0.15) is 0 Å². The number of nitrogens with one attached hydrogen (secondary N) is 3. The van der Waals surface area contributed by atoms with Crippen LogP contribution in [0.4, 0.5) is 17.3 Å². The molecule has 0 amide bonds. The highest BCUT2D eigenvalue weighted by molar-refractivity contribution is 6.31. The van der Waals surface area contributed by atoms with E-state index in [0.29, 0.717) is 36.6 Å². The van der Waals surface area contributed by atoms with E-state index in [1.54, 1.807) is 0 Å². The Morgan fingerprint density at radius 2 is 1.50 bits per heavy atom. The molecule has 2 aromatic heterocycles. The van der Waals surface area contributed by atoms with E-state index in [2.05, 4.69) is 97.4 Å². The van der Waals surface area contributed by atoms with Gasteiger partial charge >= 0.3 is 0 Å². The summed E-state index contributed by atoms with van der Waals surface area (Å²) in [6.45, 7) is 15.1. The van der Waals surface area contributed by atoms with E-state index in [9.17, 15) is 9.59 Å². The van der Waals surface area contributed by atoms with Crippen LogP contribution in [0, 0.1) is 17.8 Å². The van der Waals surface area contributed by atoms with Crippen molar-refractivity contribution in [1.29, 1.82) is 0 Å². The molecular weight excluding hydrogens is 668 g/mol. The molecule has 1 saturated carbocycles. The van der Waals surface area contributed by atoms with Gasteiger partial charge in [-0.25, -0.2) is 0 Å². The number of ketones is 2. The number of hydrogen-bond acceptors (Lipinski definition) is 6. The number of allylic oxidation sites excluding steroid dienone is 4. The lowest BCUT2D eigenvalue weighted by Crippen LogP contribution is -2.45. The molecular formula is C43H47ClN6O2. The monoisotopic (exact) mass is 714 g/mol. The van der Waals surface area contributed by atoms with Crippen molar-refractivity contribution < 1.29 is 9.59 Å². The van der Waals surface area contributed by atoms with Crippen molar-refractivity contribution in [3.63, 3.8) is 0 Å². The van der Waals surface area contributed by atoms with Gasteiger partial charge in [0.15, 0.2) is 23.2 Å². The van der Waals surface area contributed by atoms with Crippen LogP contribution in [0.1, 0.15) is 126 Å². The lowest BCUT2D eigenvalue weighted by molar-refractivity contribution is -0.119. The quantitative estimate of drug-likeness (QED) is 0.190. The number of aryl methyl sites for hydroxylation is 1. The summed E-state index contributed by atoms with van der Waals surface area (Å²) in [6.07, 6.45) is 5.35. The largest absolute Gasteiger partial charge is 0.342 e. The highest BCUT2D eigenvalue weighted by Crippen LogP contribution is 2.60. The second-order valence-corrected chi connectivity index (χ2v) is 18.0. The lowest BCUT2D eigenvalue weighted by atomic mass is 9.59. The third kappa shape index (κ3) is 4.58. The maximum Gasteiger partial charge on any atom is 0.163 e. The maximum atomic E-state index is 14.6. The molecule has 0 saturated heterocycles. The molecule has 0 bridgehead atoms. The van der Waals surface area contributed by atoms with Crippen LogP contribution in [0.25, 0.3) is 0 Å². The highest BCUT2D eigenvalue weighted by atomic mass is 35.5. The third-order valence-electron chi connectivity index (χ3n) is 12.6. The Morgan fingerprint density at radius 3 is 2.17 bits per heavy atom. The van der Waals surface area contributed by atoms with Crippen molar-refractivity contribution in [3.05, 3.63) is 110 Å². The Bertz CT molecular complexity index is 2270. The van der Waals surface area contributed by atoms with Crippen molar-refractivity contribution in [3.8, 4) is 0 Å². The van der Waals surface area contributed by atoms with Crippen LogP contribution in [0.15, 0.2) is 71.1 Å². The number of hydrogen-bond donors (Lipinski definition) is 3. The molecule has 0 radical (unpaired) electrons. The summed E-state index contributed by atoms with van der Waals surface area (Å²) in [7, 11) is 0. The molecule has 2 atom stereocenters. The van der Waals surface area contributed by atoms with Gasteiger partial charge in [-0.05, 0) is 86.1 Å². The van der Waals surface area contributed by atoms with Crippen molar-refractivity contribution in [2.45, 2.75) is 110 Å². The van der Waals surface area contributed by atoms with Crippen molar-refractivity contribution >= 4 is 40.5 Å². The SMILES string of the molecule is CC[C@]1(c2ccc(N3C4=C(C(=O)CC(C)(C)C4)C(C)(c4ccccc4Cl)c4c3n[nH]c4C3CC3)cc2)C2=C(CC(C)(C)CC2=O)Nc2n[nH]c(C)c21. The average molecular weight is 715 g/mol. The molecule has 268 valence electrons. The van der Waals surface area contributed by atoms with Gasteiger partial charge in [-0.15, -0.1) is 0 Å². The minimum atomic E-state index is -0.771. The van der Waals surface area contributed by atoms with Crippen LogP contribution < -0.4 is 10.2 Å². The van der Waals surface area contributed by atoms with E-state index in [0.717, 1.165) is 92.8 Å². The van der Waals surface area contributed by atoms with Crippen molar-refractivity contribution in [2.75, 3.05) is 10.2 Å². The van der Waals surface area contributed by atoms with Crippen LogP contribution in [-0.2, 0) is 20.4 Å². The molecule has 1 fully saturated rings. The fourth-order valence-corrected chi connectivity index (χ4v) is 10.7. The molecule has 2 aliphatic heterocycles. The summed E-state index contributed by atoms with van der Waals surface area (Å²) in [4.78, 5) is 31.1. The average Bonchev–Trinajstić information content (AvgIpc) is 3.72. The molecule has 8 nitrogen and oxygen atoms in total. The van der Waals surface area contributed by atoms with Crippen LogP contribution in [-0.4, -0.2) is 32.0 Å².